The van der Waals surface area contributed by atoms with Crippen LogP contribution in [-0.2, 0) is 0 Å². The summed E-state index contributed by atoms with van der Waals surface area (Å²) in [6.45, 7) is -0.102. The fourth-order valence-electron chi connectivity index (χ4n) is 2.40. The monoisotopic (exact) mass is 358 g/mol. The maximum absolute atomic E-state index is 12.0. The number of hydrogen-bond donors (Lipinski definition) is 4. The number of terminal acetylenes is 1. The first-order valence-electron chi connectivity index (χ1n) is 7.08. The molecule has 0 aliphatic heterocycles. The summed E-state index contributed by atoms with van der Waals surface area (Å²) < 4.78 is 10.4. The molecule has 0 amide bonds. The maximum atomic E-state index is 12.0. The van der Waals surface area contributed by atoms with Crippen LogP contribution in [0.2, 0.25) is 0 Å². The summed E-state index contributed by atoms with van der Waals surface area (Å²) in [6.07, 6.45) is 5.15. The molecule has 2 rings (SSSR count). The molecule has 0 saturated carbocycles. The quantitative estimate of drug-likeness (QED) is 0.559. The third kappa shape index (κ3) is 3.29. The van der Waals surface area contributed by atoms with Crippen LogP contribution >= 0.6 is 0 Å². The average molecular weight is 358 g/mol. The molecule has 0 unspecified atom stereocenters. The number of rotatable bonds is 6. The van der Waals surface area contributed by atoms with Crippen molar-refractivity contribution in [2.75, 3.05) is 19.5 Å². The van der Waals surface area contributed by atoms with Crippen LogP contribution in [0, 0.1) is 12.3 Å². The normalized spacial score (nSPS) is 10.0. The summed E-state index contributed by atoms with van der Waals surface area (Å²) in [5.74, 6) is -0.877. The highest BCUT2D eigenvalue weighted by molar-refractivity contribution is 6.07. The Kier molecular flexibility index (Phi) is 5.18. The molecule has 134 valence electrons. The number of benzene rings is 1. The van der Waals surface area contributed by atoms with Crippen molar-refractivity contribution >= 4 is 17.8 Å². The van der Waals surface area contributed by atoms with Crippen molar-refractivity contribution < 1.29 is 29.3 Å². The number of aromatic nitrogens is 1. The Hall–Kier alpha value is -3.93. The van der Waals surface area contributed by atoms with Crippen molar-refractivity contribution in [3.8, 4) is 35.0 Å². The summed E-state index contributed by atoms with van der Waals surface area (Å²) in [5.41, 5.74) is 3.00. The summed E-state index contributed by atoms with van der Waals surface area (Å²) in [7, 11) is 1.38. The van der Waals surface area contributed by atoms with Crippen LogP contribution in [-0.4, -0.2) is 40.9 Å². The zero-order valence-electron chi connectivity index (χ0n) is 13.5. The Morgan fingerprint density at radius 1 is 1.23 bits per heavy atom. The highest BCUT2D eigenvalue weighted by Gasteiger charge is 2.27. The van der Waals surface area contributed by atoms with E-state index in [1.807, 2.05) is 4.98 Å². The van der Waals surface area contributed by atoms with Crippen LogP contribution in [0.1, 0.15) is 20.7 Å². The van der Waals surface area contributed by atoms with Gasteiger partial charge in [0.25, 0.3) is 5.56 Å². The number of aromatic amines is 1. The molecule has 0 spiro atoms. The number of carboxylic acid groups (broad SMARTS) is 2. The minimum atomic E-state index is -1.61. The number of nitrogen functional groups attached to an aromatic ring is 1. The van der Waals surface area contributed by atoms with Gasteiger partial charge < -0.3 is 30.4 Å². The summed E-state index contributed by atoms with van der Waals surface area (Å²) in [6, 6.07) is 4.13. The molecule has 0 aliphatic carbocycles. The highest BCUT2D eigenvalue weighted by Crippen LogP contribution is 2.36. The fourth-order valence-corrected chi connectivity index (χ4v) is 2.40. The van der Waals surface area contributed by atoms with E-state index < -0.39 is 34.4 Å². The number of aromatic carboxylic acids is 2. The van der Waals surface area contributed by atoms with Gasteiger partial charge in [-0.25, -0.2) is 9.59 Å². The number of pyridine rings is 1. The first-order chi connectivity index (χ1) is 12.3. The molecular weight excluding hydrogens is 344 g/mol. The second-order valence-electron chi connectivity index (χ2n) is 4.96. The molecule has 1 heterocycles. The minimum Gasteiger partial charge on any atom is -0.493 e. The van der Waals surface area contributed by atoms with Gasteiger partial charge in [0.2, 0.25) is 0 Å². The molecule has 9 heteroatoms. The molecule has 0 atom stereocenters. The summed E-state index contributed by atoms with van der Waals surface area (Å²) >= 11 is 0. The Morgan fingerprint density at radius 3 is 2.42 bits per heavy atom. The number of nitrogens with two attached hydrogens (primary N) is 1. The van der Waals surface area contributed by atoms with Crippen LogP contribution in [0.15, 0.2) is 23.0 Å². The molecule has 26 heavy (non-hydrogen) atoms. The standard InChI is InChI=1S/C17H14N2O7/c1-3-6-26-10-7-8(4-5-9(10)25-2)11-12(16(21)22)14(18)19-15(20)13(11)17(23)24/h1,4-5,7H,6H2,2H3,(H,21,22)(H,23,24)(H3,18,19,20). The van der Waals surface area contributed by atoms with Crippen molar-refractivity contribution in [1.29, 1.82) is 0 Å². The van der Waals surface area contributed by atoms with E-state index in [-0.39, 0.29) is 29.2 Å². The topological polar surface area (TPSA) is 152 Å². The van der Waals surface area contributed by atoms with Crippen LogP contribution < -0.4 is 20.8 Å². The Morgan fingerprint density at radius 2 is 1.88 bits per heavy atom. The molecule has 0 saturated heterocycles. The second kappa shape index (κ2) is 7.31. The van der Waals surface area contributed by atoms with E-state index in [4.69, 9.17) is 21.6 Å². The largest absolute Gasteiger partial charge is 0.493 e. The number of ether oxygens (including phenoxy) is 2. The van der Waals surface area contributed by atoms with Gasteiger partial charge in [-0.15, -0.1) is 6.42 Å². The number of nitrogens with one attached hydrogen (secondary N) is 1. The smallest absolute Gasteiger partial charge is 0.342 e. The molecule has 0 radical (unpaired) electrons. The van der Waals surface area contributed by atoms with E-state index in [0.29, 0.717) is 0 Å². The molecule has 1 aromatic heterocycles. The highest BCUT2D eigenvalue weighted by atomic mass is 16.5. The number of methoxy groups -OCH3 is 1. The lowest BCUT2D eigenvalue weighted by molar-refractivity contribution is 0.0695. The number of hydrogen-bond acceptors (Lipinski definition) is 6. The lowest BCUT2D eigenvalue weighted by atomic mass is 9.95. The third-order valence-electron chi connectivity index (χ3n) is 3.44. The molecule has 0 aliphatic rings. The van der Waals surface area contributed by atoms with Crippen molar-refractivity contribution in [2.45, 2.75) is 0 Å². The molecule has 5 N–H and O–H groups in total. The van der Waals surface area contributed by atoms with Gasteiger partial charge in [-0.1, -0.05) is 12.0 Å². The minimum absolute atomic E-state index is 0.0884. The predicted molar refractivity (Wildman–Crippen MR) is 91.7 cm³/mol. The van der Waals surface area contributed by atoms with Crippen molar-refractivity contribution in [2.24, 2.45) is 0 Å². The van der Waals surface area contributed by atoms with E-state index in [2.05, 4.69) is 5.92 Å². The average Bonchev–Trinajstić information content (AvgIpc) is 2.58. The van der Waals surface area contributed by atoms with E-state index in [9.17, 15) is 24.6 Å². The van der Waals surface area contributed by atoms with Crippen LogP contribution in [0.4, 0.5) is 5.82 Å². The van der Waals surface area contributed by atoms with Crippen LogP contribution in [0.25, 0.3) is 11.1 Å². The molecule has 2 aromatic rings. The van der Waals surface area contributed by atoms with Crippen LogP contribution in [0.5, 0.6) is 11.5 Å². The van der Waals surface area contributed by atoms with Gasteiger partial charge in [0.15, 0.2) is 11.5 Å². The number of anilines is 1. The zero-order chi connectivity index (χ0) is 19.4. The van der Waals surface area contributed by atoms with Gasteiger partial charge >= 0.3 is 11.9 Å². The van der Waals surface area contributed by atoms with E-state index >= 15 is 0 Å². The third-order valence-corrected chi connectivity index (χ3v) is 3.44. The molecule has 0 fully saturated rings. The van der Waals surface area contributed by atoms with Gasteiger partial charge in [0.05, 0.1) is 7.11 Å². The zero-order valence-corrected chi connectivity index (χ0v) is 13.5. The molecule has 9 nitrogen and oxygen atoms in total. The van der Waals surface area contributed by atoms with E-state index in [1.54, 1.807) is 0 Å². The lowest BCUT2D eigenvalue weighted by Crippen LogP contribution is -2.24. The van der Waals surface area contributed by atoms with E-state index in [0.717, 1.165) is 0 Å². The Labute approximate surface area is 147 Å². The Bertz CT molecular complexity index is 986. The predicted octanol–water partition coefficient (Wildman–Crippen LogP) is 1.04. The van der Waals surface area contributed by atoms with E-state index in [1.165, 1.54) is 25.3 Å². The van der Waals surface area contributed by atoms with Gasteiger partial charge in [-0.3, -0.25) is 4.79 Å². The summed E-state index contributed by atoms with van der Waals surface area (Å²) in [5, 5.41) is 18.8. The number of carbonyl (C=O) groups is 2. The van der Waals surface area contributed by atoms with Crippen LogP contribution in [0.3, 0.4) is 0 Å². The van der Waals surface area contributed by atoms with Crippen molar-refractivity contribution in [3.63, 3.8) is 0 Å². The number of H-pyrrole nitrogens is 1. The Balaban J connectivity index is 2.87. The van der Waals surface area contributed by atoms with Crippen molar-refractivity contribution in [3.05, 3.63) is 39.7 Å². The fraction of sp³-hybridized carbons (Fsp3) is 0.118. The van der Waals surface area contributed by atoms with Crippen molar-refractivity contribution in [1.82, 2.24) is 4.98 Å². The molecular formula is C17H14N2O7. The second-order valence-corrected chi connectivity index (χ2v) is 4.96. The van der Waals surface area contributed by atoms with Gasteiger partial charge in [-0.05, 0) is 17.7 Å². The SMILES string of the molecule is C#CCOc1cc(-c2c(C(=O)O)c(N)[nH]c(=O)c2C(=O)O)ccc1OC. The first kappa shape index (κ1) is 18.4. The number of carboxylic acids is 2. The molecule has 0 bridgehead atoms. The van der Waals surface area contributed by atoms with Gasteiger partial charge in [-0.2, -0.15) is 0 Å². The first-order valence-corrected chi connectivity index (χ1v) is 7.08. The summed E-state index contributed by atoms with van der Waals surface area (Å²) in [4.78, 5) is 37.2. The van der Waals surface area contributed by atoms with Gasteiger partial charge in [0, 0.05) is 5.56 Å². The maximum Gasteiger partial charge on any atom is 0.342 e. The van der Waals surface area contributed by atoms with Gasteiger partial charge in [0.1, 0.15) is 23.6 Å². The lowest BCUT2D eigenvalue weighted by Gasteiger charge is -2.15. The molecule has 1 aromatic carbocycles.